The molecule has 0 radical (unpaired) electrons. The number of hydrogen-bond donors (Lipinski definition) is 0. The number of aryl methyl sites for hydroxylation is 1. The number of halogens is 1. The van der Waals surface area contributed by atoms with Crippen LogP contribution in [0, 0.1) is 5.82 Å². The molecule has 1 saturated heterocycles. The van der Waals surface area contributed by atoms with Crippen molar-refractivity contribution in [1.29, 1.82) is 0 Å². The fraction of sp³-hybridized carbons (Fsp3) is 0.448. The number of methoxy groups -OCH3 is 1. The van der Waals surface area contributed by atoms with Gasteiger partial charge in [-0.3, -0.25) is 9.59 Å². The first-order chi connectivity index (χ1) is 18.8. The van der Waals surface area contributed by atoms with Crippen LogP contribution in [0.15, 0.2) is 47.4 Å². The van der Waals surface area contributed by atoms with Crippen LogP contribution in [-0.2, 0) is 22.5 Å². The molecule has 8 nitrogen and oxygen atoms in total. The minimum absolute atomic E-state index is 0.0179. The zero-order valence-corrected chi connectivity index (χ0v) is 23.6. The molecule has 0 bridgehead atoms. The second kappa shape index (κ2) is 13.3. The van der Waals surface area contributed by atoms with Gasteiger partial charge in [0.25, 0.3) is 0 Å². The number of rotatable bonds is 11. The molecule has 1 aliphatic heterocycles. The van der Waals surface area contributed by atoms with Gasteiger partial charge in [-0.05, 0) is 43.3 Å². The molecule has 2 heterocycles. The summed E-state index contributed by atoms with van der Waals surface area (Å²) in [5, 5.41) is -0.0621. The average molecular weight is 558 g/mol. The van der Waals surface area contributed by atoms with Crippen molar-refractivity contribution in [3.05, 3.63) is 58.6 Å². The molecular formula is C29H36FN3O5S. The number of hydrogen-bond acceptors (Lipinski definition) is 6. The maximum Gasteiger partial charge on any atom is 0.227 e. The van der Waals surface area contributed by atoms with Crippen molar-refractivity contribution < 1.29 is 23.2 Å². The Morgan fingerprint density at radius 1 is 1.08 bits per heavy atom. The molecule has 0 N–H and O–H groups in total. The van der Waals surface area contributed by atoms with Crippen LogP contribution in [-0.4, -0.2) is 83.3 Å². The molecule has 1 fully saturated rings. The number of ether oxygens (including phenoxy) is 2. The van der Waals surface area contributed by atoms with Crippen LogP contribution in [0.3, 0.4) is 0 Å². The van der Waals surface area contributed by atoms with Crippen LogP contribution in [0.25, 0.3) is 22.0 Å². The molecule has 2 aromatic carbocycles. The lowest BCUT2D eigenvalue weighted by molar-refractivity contribution is -0.132. The van der Waals surface area contributed by atoms with Crippen LogP contribution in [0.4, 0.5) is 4.39 Å². The second-order valence-corrected chi connectivity index (χ2v) is 11.4. The molecule has 1 aromatic heterocycles. The molecule has 1 amide bonds. The van der Waals surface area contributed by atoms with Crippen LogP contribution >= 0.6 is 0 Å². The zero-order chi connectivity index (χ0) is 27.9. The molecule has 0 aliphatic carbocycles. The number of amides is 1. The minimum atomic E-state index is -1.28. The number of piperazine rings is 1. The summed E-state index contributed by atoms with van der Waals surface area (Å²) in [5.41, 5.74) is 0.850. The second-order valence-electron chi connectivity index (χ2n) is 9.69. The van der Waals surface area contributed by atoms with E-state index in [0.29, 0.717) is 47.8 Å². The Balaban J connectivity index is 1.60. The van der Waals surface area contributed by atoms with Crippen molar-refractivity contribution in [1.82, 2.24) is 14.4 Å². The van der Waals surface area contributed by atoms with Crippen LogP contribution in [0.5, 0.6) is 11.5 Å². The Morgan fingerprint density at radius 3 is 2.46 bits per heavy atom. The molecule has 210 valence electrons. The summed E-state index contributed by atoms with van der Waals surface area (Å²) in [5.74, 6) is 0.929. The van der Waals surface area contributed by atoms with Gasteiger partial charge >= 0.3 is 0 Å². The lowest BCUT2D eigenvalue weighted by atomic mass is 10.0. The summed E-state index contributed by atoms with van der Waals surface area (Å²) >= 11 is -1.28. The number of carbonyl (C=O) groups is 1. The van der Waals surface area contributed by atoms with E-state index in [0.717, 1.165) is 19.5 Å². The predicted octanol–water partition coefficient (Wildman–Crippen LogP) is 3.52. The molecule has 1 aliphatic rings. The maximum atomic E-state index is 15.2. The summed E-state index contributed by atoms with van der Waals surface area (Å²) in [7, 11) is 3.59. The van der Waals surface area contributed by atoms with E-state index in [4.69, 9.17) is 9.47 Å². The highest BCUT2D eigenvalue weighted by Crippen LogP contribution is 2.30. The Labute approximate surface area is 231 Å². The van der Waals surface area contributed by atoms with Gasteiger partial charge in [-0.1, -0.05) is 30.2 Å². The van der Waals surface area contributed by atoms with Gasteiger partial charge in [0.1, 0.15) is 28.8 Å². The first-order valence-corrected chi connectivity index (χ1v) is 14.7. The van der Waals surface area contributed by atoms with Crippen molar-refractivity contribution in [3.8, 4) is 22.6 Å². The molecule has 4 rings (SSSR count). The highest BCUT2D eigenvalue weighted by Gasteiger charge is 2.22. The SMILES string of the molecule is CCCOc1ccc(F)c2c(=O)c(-c3ccc(OC)cc3)cn(CC[S+]([O-])CCC(=O)N3CCN(C)CC3)c12. The number of benzene rings is 2. The van der Waals surface area contributed by atoms with Crippen molar-refractivity contribution in [3.63, 3.8) is 0 Å². The van der Waals surface area contributed by atoms with E-state index >= 15 is 4.39 Å². The number of likely N-dealkylation sites (N-methyl/N-ethyl adjacent to an activating group) is 1. The van der Waals surface area contributed by atoms with E-state index < -0.39 is 22.4 Å². The highest BCUT2D eigenvalue weighted by atomic mass is 32.2. The summed E-state index contributed by atoms with van der Waals surface area (Å²) in [6.07, 6.45) is 2.65. The van der Waals surface area contributed by atoms with Crippen LogP contribution in [0.2, 0.25) is 0 Å². The van der Waals surface area contributed by atoms with Crippen LogP contribution < -0.4 is 14.9 Å². The molecule has 3 aromatic rings. The predicted molar refractivity (Wildman–Crippen MR) is 153 cm³/mol. The van der Waals surface area contributed by atoms with Crippen molar-refractivity contribution in [2.45, 2.75) is 26.3 Å². The molecule has 0 saturated carbocycles. The third-order valence-electron chi connectivity index (χ3n) is 6.96. The monoisotopic (exact) mass is 557 g/mol. The van der Waals surface area contributed by atoms with Gasteiger partial charge < -0.3 is 28.4 Å². The van der Waals surface area contributed by atoms with Gasteiger partial charge in [0, 0.05) is 37.9 Å². The summed E-state index contributed by atoms with van der Waals surface area (Å²) < 4.78 is 41.0. The molecule has 1 unspecified atom stereocenters. The Bertz CT molecular complexity index is 1340. The Morgan fingerprint density at radius 2 is 1.79 bits per heavy atom. The van der Waals surface area contributed by atoms with Gasteiger partial charge in [0.2, 0.25) is 5.91 Å². The lowest BCUT2D eigenvalue weighted by Crippen LogP contribution is -2.47. The van der Waals surface area contributed by atoms with Gasteiger partial charge in [-0.25, -0.2) is 4.39 Å². The van der Waals surface area contributed by atoms with Gasteiger partial charge in [-0.15, -0.1) is 0 Å². The van der Waals surface area contributed by atoms with E-state index in [-0.39, 0.29) is 35.8 Å². The molecule has 10 heteroatoms. The third-order valence-corrected chi connectivity index (χ3v) is 8.25. The molecule has 0 spiro atoms. The van der Waals surface area contributed by atoms with Crippen molar-refractivity contribution in [2.75, 3.05) is 58.4 Å². The number of pyridine rings is 1. The Hall–Kier alpha value is -3.08. The average Bonchev–Trinajstić information content (AvgIpc) is 2.95. The fourth-order valence-electron chi connectivity index (χ4n) is 4.66. The lowest BCUT2D eigenvalue weighted by Gasteiger charge is -2.32. The Kier molecular flexibility index (Phi) is 9.88. The number of aromatic nitrogens is 1. The first-order valence-electron chi connectivity index (χ1n) is 13.3. The number of fused-ring (bicyclic) bond motifs is 1. The third kappa shape index (κ3) is 6.93. The van der Waals surface area contributed by atoms with Gasteiger partial charge in [-0.2, -0.15) is 0 Å². The van der Waals surface area contributed by atoms with E-state index in [1.165, 1.54) is 12.1 Å². The number of nitrogens with zero attached hydrogens (tertiary/aromatic N) is 3. The highest BCUT2D eigenvalue weighted by molar-refractivity contribution is 7.91. The van der Waals surface area contributed by atoms with Crippen LogP contribution in [0.1, 0.15) is 19.8 Å². The molecule has 1 atom stereocenters. The molecular weight excluding hydrogens is 521 g/mol. The van der Waals surface area contributed by atoms with Crippen molar-refractivity contribution >= 4 is 28.0 Å². The van der Waals surface area contributed by atoms with E-state index in [1.54, 1.807) is 42.1 Å². The smallest absolute Gasteiger partial charge is 0.227 e. The number of carbonyl (C=O) groups excluding carboxylic acids is 1. The summed E-state index contributed by atoms with van der Waals surface area (Å²) in [6.45, 7) is 5.69. The van der Waals surface area contributed by atoms with E-state index in [9.17, 15) is 14.1 Å². The fourth-order valence-corrected chi connectivity index (χ4v) is 5.67. The molecule has 39 heavy (non-hydrogen) atoms. The van der Waals surface area contributed by atoms with Gasteiger partial charge in [0.15, 0.2) is 5.43 Å². The summed E-state index contributed by atoms with van der Waals surface area (Å²) in [4.78, 5) is 30.1. The zero-order valence-electron chi connectivity index (χ0n) is 22.8. The maximum absolute atomic E-state index is 15.2. The summed E-state index contributed by atoms with van der Waals surface area (Å²) in [6, 6.07) is 9.77. The van der Waals surface area contributed by atoms with E-state index in [2.05, 4.69) is 4.90 Å². The first kappa shape index (κ1) is 28.9. The standard InChI is InChI=1S/C29H36FN3O5S/c1-4-17-38-25-10-9-24(30)27-28(25)33(20-23(29(27)35)21-5-7-22(37-3)8-6-21)16-19-39(36)18-11-26(34)32-14-12-31(2)13-15-32/h5-10,20H,4,11-19H2,1-3H3. The quantitative estimate of drug-likeness (QED) is 0.336. The van der Waals surface area contributed by atoms with E-state index in [1.807, 2.05) is 18.9 Å². The van der Waals surface area contributed by atoms with Crippen molar-refractivity contribution in [2.24, 2.45) is 0 Å². The normalized spacial score (nSPS) is 14.9. The topological polar surface area (TPSA) is 87.1 Å². The largest absolute Gasteiger partial charge is 0.616 e. The van der Waals surface area contributed by atoms with Gasteiger partial charge in [0.05, 0.1) is 37.6 Å². The minimum Gasteiger partial charge on any atom is -0.616 e.